The molecule has 16 heavy (non-hydrogen) atoms. The molecule has 0 saturated heterocycles. The van der Waals surface area contributed by atoms with Crippen molar-refractivity contribution < 1.29 is 4.79 Å². The van der Waals surface area contributed by atoms with E-state index in [4.69, 9.17) is 0 Å². The fourth-order valence-electron chi connectivity index (χ4n) is 1.79. The van der Waals surface area contributed by atoms with E-state index in [1.54, 1.807) is 0 Å². The van der Waals surface area contributed by atoms with Gasteiger partial charge in [-0.15, -0.1) is 0 Å². The van der Waals surface area contributed by atoms with Gasteiger partial charge in [0.2, 0.25) is 0 Å². The second kappa shape index (κ2) is 4.92. The Morgan fingerprint density at radius 2 is 2.06 bits per heavy atom. The summed E-state index contributed by atoms with van der Waals surface area (Å²) in [5.74, 6) is 0.831. The van der Waals surface area contributed by atoms with Crippen LogP contribution in [0, 0.1) is 0 Å². The van der Waals surface area contributed by atoms with Crippen LogP contribution in [0.25, 0.3) is 0 Å². The van der Waals surface area contributed by atoms with Crippen molar-refractivity contribution >= 4 is 11.7 Å². The molecule has 1 atom stereocenters. The van der Waals surface area contributed by atoms with Crippen LogP contribution in [-0.2, 0) is 4.79 Å². The molecule has 1 heterocycles. The Kier molecular flexibility index (Phi) is 3.34. The molecule has 1 aromatic carbocycles. The van der Waals surface area contributed by atoms with E-state index in [0.29, 0.717) is 0 Å². The average Bonchev–Trinajstić information content (AvgIpc) is 2.69. The summed E-state index contributed by atoms with van der Waals surface area (Å²) in [6.45, 7) is 2.13. The average molecular weight is 216 g/mol. The van der Waals surface area contributed by atoms with Gasteiger partial charge in [-0.25, -0.2) is 0 Å². The molecule has 1 N–H and O–H groups in total. The highest BCUT2D eigenvalue weighted by atomic mass is 16.2. The molecular weight excluding hydrogens is 200 g/mol. The lowest BCUT2D eigenvalue weighted by Crippen LogP contribution is -2.25. The van der Waals surface area contributed by atoms with Crippen LogP contribution in [0.2, 0.25) is 0 Å². The third-order valence-electron chi connectivity index (χ3n) is 2.68. The first-order valence-electron chi connectivity index (χ1n) is 5.73. The number of unbranched alkanes of at least 4 members (excludes halogenated alkanes) is 1. The quantitative estimate of drug-likeness (QED) is 0.825. The molecule has 3 nitrogen and oxygen atoms in total. The standard InChI is InChI=1S/C13H16N2O/c1-2-3-9-11-14-12(13(16)15-11)10-7-5-4-6-8-10/h4-8,12H,2-3,9H2,1H3,(H,14,15,16). The molecule has 1 amide bonds. The Balaban J connectivity index is 2.11. The van der Waals surface area contributed by atoms with E-state index in [2.05, 4.69) is 17.2 Å². The van der Waals surface area contributed by atoms with Gasteiger partial charge in [0.25, 0.3) is 5.91 Å². The number of hydrogen-bond acceptors (Lipinski definition) is 2. The Hall–Kier alpha value is -1.64. The van der Waals surface area contributed by atoms with Gasteiger partial charge < -0.3 is 5.32 Å². The second-order valence-electron chi connectivity index (χ2n) is 3.98. The summed E-state index contributed by atoms with van der Waals surface area (Å²) in [4.78, 5) is 16.2. The summed E-state index contributed by atoms with van der Waals surface area (Å²) in [6, 6.07) is 9.35. The third-order valence-corrected chi connectivity index (χ3v) is 2.68. The Labute approximate surface area is 95.6 Å². The smallest absolute Gasteiger partial charge is 0.254 e. The van der Waals surface area contributed by atoms with Crippen molar-refractivity contribution in [3.05, 3.63) is 35.9 Å². The monoisotopic (exact) mass is 216 g/mol. The minimum atomic E-state index is -0.340. The number of aliphatic imine (C=N–C) groups is 1. The van der Waals surface area contributed by atoms with E-state index in [0.717, 1.165) is 30.7 Å². The molecule has 0 radical (unpaired) electrons. The van der Waals surface area contributed by atoms with E-state index in [-0.39, 0.29) is 11.9 Å². The van der Waals surface area contributed by atoms with Gasteiger partial charge in [-0.2, -0.15) is 0 Å². The van der Waals surface area contributed by atoms with Crippen molar-refractivity contribution in [2.45, 2.75) is 32.2 Å². The van der Waals surface area contributed by atoms with Crippen LogP contribution in [-0.4, -0.2) is 11.7 Å². The second-order valence-corrected chi connectivity index (χ2v) is 3.98. The number of hydrogen-bond donors (Lipinski definition) is 1. The Morgan fingerprint density at radius 1 is 1.31 bits per heavy atom. The Bertz CT molecular complexity index is 398. The van der Waals surface area contributed by atoms with Crippen molar-refractivity contribution in [1.29, 1.82) is 0 Å². The van der Waals surface area contributed by atoms with Crippen molar-refractivity contribution in [2.24, 2.45) is 4.99 Å². The summed E-state index contributed by atoms with van der Waals surface area (Å²) in [5, 5.41) is 2.85. The molecule has 1 unspecified atom stereocenters. The van der Waals surface area contributed by atoms with Crippen LogP contribution >= 0.6 is 0 Å². The largest absolute Gasteiger partial charge is 0.312 e. The molecule has 0 saturated carbocycles. The summed E-state index contributed by atoms with van der Waals surface area (Å²) in [5.41, 5.74) is 0.964. The molecule has 84 valence electrons. The minimum absolute atomic E-state index is 0.00250. The zero-order valence-electron chi connectivity index (χ0n) is 9.44. The number of amides is 1. The van der Waals surface area contributed by atoms with Gasteiger partial charge in [0.05, 0.1) is 0 Å². The van der Waals surface area contributed by atoms with E-state index < -0.39 is 0 Å². The van der Waals surface area contributed by atoms with Crippen LogP contribution in [0.5, 0.6) is 0 Å². The normalized spacial score (nSPS) is 19.4. The van der Waals surface area contributed by atoms with Crippen molar-refractivity contribution in [3.63, 3.8) is 0 Å². The highest BCUT2D eigenvalue weighted by Crippen LogP contribution is 2.21. The van der Waals surface area contributed by atoms with Gasteiger partial charge in [-0.3, -0.25) is 9.79 Å². The molecule has 0 bridgehead atoms. The maximum absolute atomic E-state index is 11.7. The predicted molar refractivity (Wildman–Crippen MR) is 64.3 cm³/mol. The number of carbonyl (C=O) groups is 1. The molecule has 1 aromatic rings. The fraction of sp³-hybridized carbons (Fsp3) is 0.385. The number of amidine groups is 1. The first-order valence-corrected chi connectivity index (χ1v) is 5.73. The molecule has 3 heteroatoms. The van der Waals surface area contributed by atoms with Crippen LogP contribution < -0.4 is 5.32 Å². The van der Waals surface area contributed by atoms with Gasteiger partial charge >= 0.3 is 0 Å². The number of nitrogens with one attached hydrogen (secondary N) is 1. The Morgan fingerprint density at radius 3 is 2.75 bits per heavy atom. The van der Waals surface area contributed by atoms with Crippen LogP contribution in [0.3, 0.4) is 0 Å². The maximum Gasteiger partial charge on any atom is 0.254 e. The lowest BCUT2D eigenvalue weighted by Gasteiger charge is -2.03. The lowest BCUT2D eigenvalue weighted by molar-refractivity contribution is -0.120. The summed E-state index contributed by atoms with van der Waals surface area (Å²) in [7, 11) is 0. The highest BCUT2D eigenvalue weighted by molar-refractivity contribution is 6.06. The molecular formula is C13H16N2O. The lowest BCUT2D eigenvalue weighted by atomic mass is 10.1. The van der Waals surface area contributed by atoms with E-state index >= 15 is 0 Å². The first-order chi connectivity index (χ1) is 7.81. The third kappa shape index (κ3) is 2.30. The summed E-state index contributed by atoms with van der Waals surface area (Å²) >= 11 is 0. The van der Waals surface area contributed by atoms with Gasteiger partial charge in [0.15, 0.2) is 6.04 Å². The van der Waals surface area contributed by atoms with E-state index in [1.165, 1.54) is 0 Å². The number of benzene rings is 1. The minimum Gasteiger partial charge on any atom is -0.312 e. The fourth-order valence-corrected chi connectivity index (χ4v) is 1.79. The van der Waals surface area contributed by atoms with E-state index in [1.807, 2.05) is 30.3 Å². The maximum atomic E-state index is 11.7. The molecule has 0 aliphatic carbocycles. The van der Waals surface area contributed by atoms with Gasteiger partial charge in [-0.1, -0.05) is 43.7 Å². The molecule has 0 spiro atoms. The predicted octanol–water partition coefficient (Wildman–Crippen LogP) is 2.45. The SMILES string of the molecule is CCCCC1=NC(c2ccccc2)C(=O)N1. The number of carbonyl (C=O) groups excluding carboxylic acids is 1. The molecule has 1 aliphatic heterocycles. The van der Waals surface area contributed by atoms with Gasteiger partial charge in [0.1, 0.15) is 5.84 Å². The van der Waals surface area contributed by atoms with Crippen molar-refractivity contribution in [1.82, 2.24) is 5.32 Å². The van der Waals surface area contributed by atoms with Gasteiger partial charge in [-0.05, 0) is 12.0 Å². The topological polar surface area (TPSA) is 41.5 Å². The summed E-state index contributed by atoms with van der Waals surface area (Å²) in [6.07, 6.45) is 3.05. The molecule has 1 aliphatic rings. The first kappa shape index (κ1) is 10.9. The summed E-state index contributed by atoms with van der Waals surface area (Å²) < 4.78 is 0. The molecule has 0 aromatic heterocycles. The highest BCUT2D eigenvalue weighted by Gasteiger charge is 2.26. The number of rotatable bonds is 4. The van der Waals surface area contributed by atoms with Crippen molar-refractivity contribution in [3.8, 4) is 0 Å². The number of nitrogens with zero attached hydrogens (tertiary/aromatic N) is 1. The van der Waals surface area contributed by atoms with Gasteiger partial charge in [0, 0.05) is 6.42 Å². The molecule has 0 fully saturated rings. The van der Waals surface area contributed by atoms with Crippen LogP contribution in [0.1, 0.15) is 37.8 Å². The van der Waals surface area contributed by atoms with Crippen LogP contribution in [0.4, 0.5) is 0 Å². The van der Waals surface area contributed by atoms with Crippen molar-refractivity contribution in [2.75, 3.05) is 0 Å². The van der Waals surface area contributed by atoms with Crippen LogP contribution in [0.15, 0.2) is 35.3 Å². The zero-order valence-corrected chi connectivity index (χ0v) is 9.44. The zero-order chi connectivity index (χ0) is 11.4. The molecule has 2 rings (SSSR count). The van der Waals surface area contributed by atoms with E-state index in [9.17, 15) is 4.79 Å².